The highest BCUT2D eigenvalue weighted by Gasteiger charge is 2.20. The van der Waals surface area contributed by atoms with Crippen molar-refractivity contribution in [3.05, 3.63) is 69.9 Å². The second kappa shape index (κ2) is 10.5. The molecule has 0 unspecified atom stereocenters. The molecule has 1 aliphatic heterocycles. The second-order valence-electron chi connectivity index (χ2n) is 9.02. The SMILES string of the molecule is O=C(CSc1c2c(nc3ccc(Cl)cc13)CCCC2)NCCCN1CCc2ccccc2C1. The van der Waals surface area contributed by atoms with Crippen LogP contribution in [0.15, 0.2) is 47.4 Å². The molecule has 0 atom stereocenters. The third kappa shape index (κ3) is 5.37. The number of halogens is 1. The van der Waals surface area contributed by atoms with E-state index in [4.69, 9.17) is 16.6 Å². The Morgan fingerprint density at radius 2 is 1.94 bits per heavy atom. The van der Waals surface area contributed by atoms with Gasteiger partial charge < -0.3 is 5.32 Å². The summed E-state index contributed by atoms with van der Waals surface area (Å²) in [7, 11) is 0. The van der Waals surface area contributed by atoms with Crippen molar-refractivity contribution in [2.75, 3.05) is 25.4 Å². The van der Waals surface area contributed by atoms with Gasteiger partial charge in [-0.15, -0.1) is 11.8 Å². The molecule has 0 fully saturated rings. The van der Waals surface area contributed by atoms with Crippen LogP contribution in [0.4, 0.5) is 0 Å². The standard InChI is InChI=1S/C27H30ClN3OS/c28-21-10-11-25-23(16-21)27(22-8-3-4-9-24(22)30-25)33-18-26(32)29-13-5-14-31-15-12-19-6-1-2-7-20(19)17-31/h1-2,6-7,10-11,16H,3-5,8-9,12-15,17-18H2,(H,29,32). The van der Waals surface area contributed by atoms with Gasteiger partial charge in [0.1, 0.15) is 0 Å². The number of fused-ring (bicyclic) bond motifs is 3. The van der Waals surface area contributed by atoms with Gasteiger partial charge in [0.2, 0.25) is 5.91 Å². The zero-order valence-electron chi connectivity index (χ0n) is 18.9. The van der Waals surface area contributed by atoms with Gasteiger partial charge in [-0.1, -0.05) is 35.9 Å². The van der Waals surface area contributed by atoms with Crippen molar-refractivity contribution in [1.82, 2.24) is 15.2 Å². The Bertz CT molecular complexity index is 1170. The van der Waals surface area contributed by atoms with E-state index in [1.807, 2.05) is 18.2 Å². The molecule has 0 radical (unpaired) electrons. The van der Waals surface area contributed by atoms with E-state index in [2.05, 4.69) is 34.5 Å². The van der Waals surface area contributed by atoms with Gasteiger partial charge in [-0.05, 0) is 73.4 Å². The maximum atomic E-state index is 12.6. The van der Waals surface area contributed by atoms with Gasteiger partial charge in [0.25, 0.3) is 0 Å². The normalized spacial score (nSPS) is 15.8. The van der Waals surface area contributed by atoms with Gasteiger partial charge >= 0.3 is 0 Å². The average molecular weight is 480 g/mol. The minimum Gasteiger partial charge on any atom is -0.355 e. The highest BCUT2D eigenvalue weighted by Crippen LogP contribution is 2.37. The summed E-state index contributed by atoms with van der Waals surface area (Å²) in [4.78, 5) is 21.2. The Labute approximate surface area is 205 Å². The Morgan fingerprint density at radius 1 is 1.09 bits per heavy atom. The number of aromatic nitrogens is 1. The fraction of sp³-hybridized carbons (Fsp3) is 0.407. The lowest BCUT2D eigenvalue weighted by Crippen LogP contribution is -2.34. The molecular weight excluding hydrogens is 450 g/mol. The van der Waals surface area contributed by atoms with Crippen LogP contribution in [0.25, 0.3) is 10.9 Å². The molecule has 1 amide bonds. The molecule has 4 nitrogen and oxygen atoms in total. The first-order chi connectivity index (χ1) is 16.2. The largest absolute Gasteiger partial charge is 0.355 e. The number of hydrogen-bond donors (Lipinski definition) is 1. The maximum Gasteiger partial charge on any atom is 0.230 e. The fourth-order valence-electron chi connectivity index (χ4n) is 4.98. The Hall–Kier alpha value is -2.08. The first-order valence-corrected chi connectivity index (χ1v) is 13.3. The summed E-state index contributed by atoms with van der Waals surface area (Å²) >= 11 is 7.93. The van der Waals surface area contributed by atoms with Crippen LogP contribution in [-0.2, 0) is 30.6 Å². The van der Waals surface area contributed by atoms with Crippen molar-refractivity contribution >= 4 is 40.2 Å². The first-order valence-electron chi connectivity index (χ1n) is 12.0. The van der Waals surface area contributed by atoms with Crippen LogP contribution < -0.4 is 5.32 Å². The van der Waals surface area contributed by atoms with Crippen molar-refractivity contribution in [3.8, 4) is 0 Å². The smallest absolute Gasteiger partial charge is 0.230 e. The van der Waals surface area contributed by atoms with Crippen LogP contribution in [0.1, 0.15) is 41.6 Å². The number of benzene rings is 2. The molecule has 0 bridgehead atoms. The van der Waals surface area contributed by atoms with Gasteiger partial charge in [0.15, 0.2) is 0 Å². The van der Waals surface area contributed by atoms with E-state index in [1.165, 1.54) is 40.1 Å². The summed E-state index contributed by atoms with van der Waals surface area (Å²) < 4.78 is 0. The minimum absolute atomic E-state index is 0.0977. The molecule has 6 heteroatoms. The molecule has 5 rings (SSSR count). The highest BCUT2D eigenvalue weighted by atomic mass is 35.5. The minimum atomic E-state index is 0.0977. The van der Waals surface area contributed by atoms with E-state index in [0.717, 1.165) is 62.8 Å². The van der Waals surface area contributed by atoms with Crippen molar-refractivity contribution < 1.29 is 4.79 Å². The van der Waals surface area contributed by atoms with E-state index in [1.54, 1.807) is 11.8 Å². The number of amides is 1. The van der Waals surface area contributed by atoms with E-state index >= 15 is 0 Å². The van der Waals surface area contributed by atoms with Crippen LogP contribution in [-0.4, -0.2) is 41.2 Å². The molecule has 172 valence electrons. The van der Waals surface area contributed by atoms with Crippen molar-refractivity contribution in [1.29, 1.82) is 0 Å². The van der Waals surface area contributed by atoms with E-state index in [0.29, 0.717) is 10.8 Å². The summed E-state index contributed by atoms with van der Waals surface area (Å²) in [6.07, 6.45) is 6.52. The maximum absolute atomic E-state index is 12.6. The molecule has 1 aliphatic carbocycles. The van der Waals surface area contributed by atoms with Gasteiger partial charge in [-0.25, -0.2) is 0 Å². The quantitative estimate of drug-likeness (QED) is 0.363. The third-order valence-corrected chi connectivity index (χ3v) is 8.10. The Balaban J connectivity index is 1.14. The summed E-state index contributed by atoms with van der Waals surface area (Å²) in [5.74, 6) is 0.523. The monoisotopic (exact) mass is 479 g/mol. The van der Waals surface area contributed by atoms with Gasteiger partial charge in [0.05, 0.1) is 11.3 Å². The van der Waals surface area contributed by atoms with Crippen LogP contribution in [0.5, 0.6) is 0 Å². The average Bonchev–Trinajstić information content (AvgIpc) is 2.84. The fourth-order valence-corrected chi connectivity index (χ4v) is 6.24. The number of nitrogens with zero attached hydrogens (tertiary/aromatic N) is 2. The second-order valence-corrected chi connectivity index (χ2v) is 10.4. The number of rotatable bonds is 7. The molecule has 2 aliphatic rings. The lowest BCUT2D eigenvalue weighted by molar-refractivity contribution is -0.118. The van der Waals surface area contributed by atoms with Crippen LogP contribution >= 0.6 is 23.4 Å². The molecule has 2 heterocycles. The zero-order chi connectivity index (χ0) is 22.6. The van der Waals surface area contributed by atoms with Crippen LogP contribution in [0, 0.1) is 0 Å². The number of aryl methyl sites for hydroxylation is 1. The molecule has 0 saturated heterocycles. The van der Waals surface area contributed by atoms with Crippen molar-refractivity contribution in [2.24, 2.45) is 0 Å². The zero-order valence-corrected chi connectivity index (χ0v) is 20.5. The van der Waals surface area contributed by atoms with Gasteiger partial charge in [0, 0.05) is 47.2 Å². The number of carbonyl (C=O) groups is 1. The summed E-state index contributed by atoms with van der Waals surface area (Å²) in [5.41, 5.74) is 6.41. The van der Waals surface area contributed by atoms with Crippen molar-refractivity contribution in [2.45, 2.75) is 50.0 Å². The molecular formula is C27H30ClN3OS. The van der Waals surface area contributed by atoms with E-state index in [9.17, 15) is 4.79 Å². The van der Waals surface area contributed by atoms with Gasteiger partial charge in [-0.2, -0.15) is 0 Å². The molecule has 0 spiro atoms. The van der Waals surface area contributed by atoms with Crippen molar-refractivity contribution in [3.63, 3.8) is 0 Å². The number of nitrogens with one attached hydrogen (secondary N) is 1. The molecule has 0 saturated carbocycles. The summed E-state index contributed by atoms with van der Waals surface area (Å²) in [5, 5.41) is 4.91. The molecule has 2 aromatic carbocycles. The Morgan fingerprint density at radius 3 is 2.85 bits per heavy atom. The first kappa shape index (κ1) is 22.7. The summed E-state index contributed by atoms with van der Waals surface area (Å²) in [6, 6.07) is 14.6. The predicted molar refractivity (Wildman–Crippen MR) is 137 cm³/mol. The lowest BCUT2D eigenvalue weighted by atomic mass is 9.94. The molecule has 3 aromatic rings. The van der Waals surface area contributed by atoms with E-state index in [-0.39, 0.29) is 5.91 Å². The molecule has 33 heavy (non-hydrogen) atoms. The van der Waals surface area contributed by atoms with Gasteiger partial charge in [-0.3, -0.25) is 14.7 Å². The number of hydrogen-bond acceptors (Lipinski definition) is 4. The number of thioether (sulfide) groups is 1. The predicted octanol–water partition coefficient (Wildman–Crippen LogP) is 5.42. The van der Waals surface area contributed by atoms with Crippen LogP contribution in [0.2, 0.25) is 5.02 Å². The molecule has 1 N–H and O–H groups in total. The lowest BCUT2D eigenvalue weighted by Gasteiger charge is -2.28. The molecule has 1 aromatic heterocycles. The topological polar surface area (TPSA) is 45.2 Å². The number of carbonyl (C=O) groups excluding carboxylic acids is 1. The number of pyridine rings is 1. The summed E-state index contributed by atoms with van der Waals surface area (Å²) in [6.45, 7) is 3.85. The van der Waals surface area contributed by atoms with Crippen LogP contribution in [0.3, 0.4) is 0 Å². The third-order valence-electron chi connectivity index (χ3n) is 6.70. The van der Waals surface area contributed by atoms with E-state index < -0.39 is 0 Å². The highest BCUT2D eigenvalue weighted by molar-refractivity contribution is 8.00. The Kier molecular flexibility index (Phi) is 7.19.